The van der Waals surface area contributed by atoms with Crippen LogP contribution in [0.2, 0.25) is 5.15 Å². The molecule has 7 heteroatoms. The molecule has 0 spiro atoms. The van der Waals surface area contributed by atoms with Gasteiger partial charge < -0.3 is 0 Å². The lowest BCUT2D eigenvalue weighted by Crippen LogP contribution is -1.95. The molecule has 0 aliphatic carbocycles. The number of anilines is 1. The summed E-state index contributed by atoms with van der Waals surface area (Å²) in [4.78, 5) is 15.6. The Kier molecular flexibility index (Phi) is 3.35. The number of nitrogens with zero attached hydrogens (tertiary/aromatic N) is 5. The largest absolute Gasteiger partial charge is 0.261 e. The number of hydrogen-bond acceptors (Lipinski definition) is 6. The van der Waals surface area contributed by atoms with Gasteiger partial charge in [0.1, 0.15) is 17.2 Å². The molecule has 80 valence electrons. The Morgan fingerprint density at radius 2 is 2.19 bits per heavy atom. The van der Waals surface area contributed by atoms with E-state index < -0.39 is 0 Å². The highest BCUT2D eigenvalue weighted by Gasteiger charge is 1.93. The van der Waals surface area contributed by atoms with Gasteiger partial charge >= 0.3 is 0 Å². The molecule has 0 aromatic carbocycles. The van der Waals surface area contributed by atoms with Crippen LogP contribution in [-0.4, -0.2) is 26.2 Å². The lowest BCUT2D eigenvalue weighted by atomic mass is 10.5. The van der Waals surface area contributed by atoms with E-state index in [1.54, 1.807) is 24.7 Å². The maximum atomic E-state index is 5.68. The summed E-state index contributed by atoms with van der Waals surface area (Å²) in [6, 6.07) is 1.57. The third kappa shape index (κ3) is 2.96. The topological polar surface area (TPSA) is 76.0 Å². The summed E-state index contributed by atoms with van der Waals surface area (Å²) in [6.07, 6.45) is 7.65. The molecule has 0 fully saturated rings. The number of aromatic nitrogens is 4. The molecule has 2 aromatic rings. The highest BCUT2D eigenvalue weighted by molar-refractivity contribution is 6.29. The Labute approximate surface area is 96.5 Å². The molecular weight excluding hydrogens is 228 g/mol. The van der Waals surface area contributed by atoms with Crippen LogP contribution in [0.3, 0.4) is 0 Å². The maximum Gasteiger partial charge on any atom is 0.151 e. The molecule has 0 amide bonds. The van der Waals surface area contributed by atoms with Crippen molar-refractivity contribution in [1.82, 2.24) is 19.9 Å². The third-order valence-corrected chi connectivity index (χ3v) is 1.80. The lowest BCUT2D eigenvalue weighted by molar-refractivity contribution is 1.13. The van der Waals surface area contributed by atoms with Crippen molar-refractivity contribution >= 4 is 23.6 Å². The van der Waals surface area contributed by atoms with Gasteiger partial charge in [-0.15, -0.1) is 0 Å². The molecule has 0 atom stereocenters. The highest BCUT2D eigenvalue weighted by Crippen LogP contribution is 2.07. The molecule has 0 radical (unpaired) electrons. The fraction of sp³-hybridized carbons (Fsp3) is 0. The quantitative estimate of drug-likeness (QED) is 0.493. The van der Waals surface area contributed by atoms with E-state index in [1.165, 1.54) is 12.5 Å². The molecule has 0 saturated carbocycles. The molecule has 0 saturated heterocycles. The van der Waals surface area contributed by atoms with Gasteiger partial charge in [-0.3, -0.25) is 15.4 Å². The van der Waals surface area contributed by atoms with E-state index in [1.807, 2.05) is 0 Å². The second kappa shape index (κ2) is 5.13. The van der Waals surface area contributed by atoms with Gasteiger partial charge in [0.15, 0.2) is 5.82 Å². The molecule has 2 aromatic heterocycles. The summed E-state index contributed by atoms with van der Waals surface area (Å²) in [7, 11) is 0. The minimum Gasteiger partial charge on any atom is -0.261 e. The van der Waals surface area contributed by atoms with E-state index in [0.29, 0.717) is 16.7 Å². The Hall–Kier alpha value is -2.08. The van der Waals surface area contributed by atoms with Gasteiger partial charge in [-0.05, 0) is 0 Å². The van der Waals surface area contributed by atoms with Crippen molar-refractivity contribution in [1.29, 1.82) is 0 Å². The summed E-state index contributed by atoms with van der Waals surface area (Å²) in [5.74, 6) is 0.514. The van der Waals surface area contributed by atoms with Gasteiger partial charge in [-0.25, -0.2) is 9.97 Å². The second-order valence-corrected chi connectivity index (χ2v) is 3.11. The van der Waals surface area contributed by atoms with Gasteiger partial charge in [0, 0.05) is 18.5 Å². The van der Waals surface area contributed by atoms with Crippen LogP contribution in [0, 0.1) is 0 Å². The zero-order chi connectivity index (χ0) is 11.2. The van der Waals surface area contributed by atoms with Crippen LogP contribution < -0.4 is 5.43 Å². The number of hydrogen-bond donors (Lipinski definition) is 1. The van der Waals surface area contributed by atoms with Crippen LogP contribution >= 0.6 is 11.6 Å². The maximum absolute atomic E-state index is 5.68. The molecule has 1 N–H and O–H groups in total. The molecular formula is C9H7ClN6. The molecule has 0 unspecified atom stereocenters. The molecule has 16 heavy (non-hydrogen) atoms. The van der Waals surface area contributed by atoms with Crippen LogP contribution in [-0.2, 0) is 0 Å². The fourth-order valence-corrected chi connectivity index (χ4v) is 1.08. The van der Waals surface area contributed by atoms with E-state index >= 15 is 0 Å². The SMILES string of the molecule is Clc1cc(NN=Cc2cnccn2)ncn1. The average Bonchev–Trinajstić information content (AvgIpc) is 2.30. The smallest absolute Gasteiger partial charge is 0.151 e. The van der Waals surface area contributed by atoms with Crippen molar-refractivity contribution in [2.45, 2.75) is 0 Å². The number of rotatable bonds is 3. The molecule has 2 rings (SSSR count). The monoisotopic (exact) mass is 234 g/mol. The first kappa shape index (κ1) is 10.4. The summed E-state index contributed by atoms with van der Waals surface area (Å²) in [6.45, 7) is 0. The van der Waals surface area contributed by atoms with Gasteiger partial charge in [0.05, 0.1) is 12.4 Å². The lowest BCUT2D eigenvalue weighted by Gasteiger charge is -1.97. The predicted octanol–water partition coefficient (Wildman–Crippen LogP) is 1.37. The van der Waals surface area contributed by atoms with E-state index in [-0.39, 0.29) is 0 Å². The fourth-order valence-electron chi connectivity index (χ4n) is 0.937. The summed E-state index contributed by atoms with van der Waals surface area (Å²) >= 11 is 5.68. The molecule has 0 bridgehead atoms. The van der Waals surface area contributed by atoms with Gasteiger partial charge in [-0.1, -0.05) is 11.6 Å². The van der Waals surface area contributed by atoms with Gasteiger partial charge in [0.25, 0.3) is 0 Å². The van der Waals surface area contributed by atoms with Crippen molar-refractivity contribution in [3.05, 3.63) is 41.8 Å². The summed E-state index contributed by atoms with van der Waals surface area (Å²) < 4.78 is 0. The first-order valence-electron chi connectivity index (χ1n) is 4.37. The molecule has 0 aliphatic rings. The average molecular weight is 235 g/mol. The minimum absolute atomic E-state index is 0.354. The van der Waals surface area contributed by atoms with Crippen molar-refractivity contribution in [2.75, 3.05) is 5.43 Å². The van der Waals surface area contributed by atoms with Crippen molar-refractivity contribution < 1.29 is 0 Å². The van der Waals surface area contributed by atoms with E-state index in [0.717, 1.165) is 0 Å². The first-order chi connectivity index (χ1) is 7.84. The predicted molar refractivity (Wildman–Crippen MR) is 60.3 cm³/mol. The van der Waals surface area contributed by atoms with E-state index in [9.17, 15) is 0 Å². The number of nitrogens with one attached hydrogen (secondary N) is 1. The zero-order valence-corrected chi connectivity index (χ0v) is 8.83. The molecule has 0 aliphatic heterocycles. The van der Waals surface area contributed by atoms with Crippen LogP contribution in [0.15, 0.2) is 36.1 Å². The van der Waals surface area contributed by atoms with Crippen LogP contribution in [0.25, 0.3) is 0 Å². The standard InChI is InChI=1S/C9H7ClN6/c10-8-3-9(14-6-13-8)16-15-5-7-4-11-1-2-12-7/h1-6H,(H,13,14,16). The normalized spacial score (nSPS) is 10.6. The highest BCUT2D eigenvalue weighted by atomic mass is 35.5. The van der Waals surface area contributed by atoms with Gasteiger partial charge in [0.2, 0.25) is 0 Å². The van der Waals surface area contributed by atoms with E-state index in [2.05, 4.69) is 30.5 Å². The van der Waals surface area contributed by atoms with Crippen molar-refractivity contribution in [2.24, 2.45) is 5.10 Å². The Morgan fingerprint density at radius 1 is 1.25 bits per heavy atom. The Balaban J connectivity index is 2.00. The van der Waals surface area contributed by atoms with Crippen LogP contribution in [0.1, 0.15) is 5.69 Å². The molecule has 2 heterocycles. The third-order valence-electron chi connectivity index (χ3n) is 1.59. The van der Waals surface area contributed by atoms with E-state index in [4.69, 9.17) is 11.6 Å². The zero-order valence-electron chi connectivity index (χ0n) is 8.08. The van der Waals surface area contributed by atoms with Crippen LogP contribution in [0.5, 0.6) is 0 Å². The van der Waals surface area contributed by atoms with Crippen molar-refractivity contribution in [3.8, 4) is 0 Å². The summed E-state index contributed by atoms with van der Waals surface area (Å²) in [5.41, 5.74) is 3.35. The molecule has 6 nitrogen and oxygen atoms in total. The summed E-state index contributed by atoms with van der Waals surface area (Å²) in [5, 5.41) is 4.28. The van der Waals surface area contributed by atoms with Crippen molar-refractivity contribution in [3.63, 3.8) is 0 Å². The first-order valence-corrected chi connectivity index (χ1v) is 4.75. The number of halogens is 1. The Morgan fingerprint density at radius 3 is 2.94 bits per heavy atom. The number of hydrazone groups is 1. The Bertz CT molecular complexity index is 486. The van der Waals surface area contributed by atoms with Crippen LogP contribution in [0.4, 0.5) is 5.82 Å². The minimum atomic E-state index is 0.354. The second-order valence-electron chi connectivity index (χ2n) is 2.73. The van der Waals surface area contributed by atoms with Gasteiger partial charge in [-0.2, -0.15) is 5.10 Å².